The second kappa shape index (κ2) is 9.19. The average molecular weight is 497 g/mol. The Kier molecular flexibility index (Phi) is 6.18. The van der Waals surface area contributed by atoms with Gasteiger partial charge in [0.15, 0.2) is 10.4 Å². The number of aromatic nitrogens is 2. The van der Waals surface area contributed by atoms with E-state index >= 15 is 0 Å². The molecule has 9 heteroatoms. The van der Waals surface area contributed by atoms with Crippen LogP contribution < -0.4 is 10.2 Å². The minimum absolute atomic E-state index is 0.122. The first-order valence-electron chi connectivity index (χ1n) is 9.61. The van der Waals surface area contributed by atoms with Crippen LogP contribution in [-0.4, -0.2) is 28.4 Å². The number of nitrogens with one attached hydrogen (secondary N) is 1. The SMILES string of the molecule is CN(C(=O)c1ccc(Br)o1)c1ccccc1C(=O)NCc1ccc(-n2ccnc2)c(F)c1. The van der Waals surface area contributed by atoms with Crippen molar-refractivity contribution in [1.29, 1.82) is 0 Å². The number of hydrogen-bond donors (Lipinski definition) is 1. The molecular formula is C23H18BrFN4O3. The Labute approximate surface area is 191 Å². The predicted molar refractivity (Wildman–Crippen MR) is 120 cm³/mol. The van der Waals surface area contributed by atoms with E-state index in [1.54, 1.807) is 72.5 Å². The van der Waals surface area contributed by atoms with Crippen molar-refractivity contribution in [2.24, 2.45) is 0 Å². The van der Waals surface area contributed by atoms with Gasteiger partial charge in [0.2, 0.25) is 0 Å². The second-order valence-electron chi connectivity index (χ2n) is 6.92. The molecule has 2 aromatic heterocycles. The van der Waals surface area contributed by atoms with Crippen molar-refractivity contribution >= 4 is 33.4 Å². The Morgan fingerprint density at radius 1 is 1.19 bits per heavy atom. The Bertz CT molecular complexity index is 1270. The van der Waals surface area contributed by atoms with E-state index in [2.05, 4.69) is 26.2 Å². The maximum Gasteiger partial charge on any atom is 0.293 e. The van der Waals surface area contributed by atoms with E-state index in [-0.39, 0.29) is 18.2 Å². The minimum Gasteiger partial charge on any atom is -0.444 e. The number of nitrogens with zero attached hydrogens (tertiary/aromatic N) is 3. The summed E-state index contributed by atoms with van der Waals surface area (Å²) in [5.41, 5.74) is 1.70. The molecule has 7 nitrogen and oxygen atoms in total. The van der Waals surface area contributed by atoms with Crippen LogP contribution in [0.15, 0.2) is 82.4 Å². The van der Waals surface area contributed by atoms with Crippen LogP contribution in [0.5, 0.6) is 0 Å². The lowest BCUT2D eigenvalue weighted by molar-refractivity contribution is 0.0951. The molecule has 4 aromatic rings. The van der Waals surface area contributed by atoms with Crippen molar-refractivity contribution in [3.05, 3.63) is 101 Å². The number of hydrogen-bond acceptors (Lipinski definition) is 4. The fourth-order valence-electron chi connectivity index (χ4n) is 3.21. The smallest absolute Gasteiger partial charge is 0.293 e. The summed E-state index contributed by atoms with van der Waals surface area (Å²) >= 11 is 3.17. The summed E-state index contributed by atoms with van der Waals surface area (Å²) in [6.07, 6.45) is 4.73. The highest BCUT2D eigenvalue weighted by molar-refractivity contribution is 9.10. The highest BCUT2D eigenvalue weighted by Gasteiger charge is 2.21. The van der Waals surface area contributed by atoms with Gasteiger partial charge in [-0.05, 0) is 57.9 Å². The van der Waals surface area contributed by atoms with Gasteiger partial charge in [-0.1, -0.05) is 18.2 Å². The number of halogens is 2. The van der Waals surface area contributed by atoms with Crippen LogP contribution in [0, 0.1) is 5.82 Å². The van der Waals surface area contributed by atoms with E-state index in [0.717, 1.165) is 0 Å². The van der Waals surface area contributed by atoms with Crippen LogP contribution in [0.4, 0.5) is 10.1 Å². The molecule has 0 fully saturated rings. The third-order valence-corrected chi connectivity index (χ3v) is 5.27. The number of amides is 2. The molecule has 0 bridgehead atoms. The quantitative estimate of drug-likeness (QED) is 0.423. The number of carbonyl (C=O) groups excluding carboxylic acids is 2. The normalized spacial score (nSPS) is 10.7. The van der Waals surface area contributed by atoms with Gasteiger partial charge < -0.3 is 19.2 Å². The van der Waals surface area contributed by atoms with Crippen molar-refractivity contribution in [2.75, 3.05) is 11.9 Å². The highest BCUT2D eigenvalue weighted by atomic mass is 79.9. The Morgan fingerprint density at radius 2 is 2.00 bits per heavy atom. The molecule has 2 amide bonds. The maximum atomic E-state index is 14.5. The van der Waals surface area contributed by atoms with Crippen LogP contribution in [-0.2, 0) is 6.54 Å². The number of anilines is 1. The second-order valence-corrected chi connectivity index (χ2v) is 7.71. The zero-order valence-corrected chi connectivity index (χ0v) is 18.5. The van der Waals surface area contributed by atoms with Gasteiger partial charge in [-0.2, -0.15) is 0 Å². The van der Waals surface area contributed by atoms with E-state index in [4.69, 9.17) is 4.42 Å². The molecule has 0 aliphatic rings. The largest absolute Gasteiger partial charge is 0.444 e. The molecule has 162 valence electrons. The average Bonchev–Trinajstić information content (AvgIpc) is 3.48. The summed E-state index contributed by atoms with van der Waals surface area (Å²) < 4.78 is 21.8. The lowest BCUT2D eigenvalue weighted by atomic mass is 10.1. The Hall–Kier alpha value is -3.72. The van der Waals surface area contributed by atoms with Crippen molar-refractivity contribution in [2.45, 2.75) is 6.54 Å². The van der Waals surface area contributed by atoms with Crippen molar-refractivity contribution in [1.82, 2.24) is 14.9 Å². The third-order valence-electron chi connectivity index (χ3n) is 4.85. The van der Waals surface area contributed by atoms with E-state index < -0.39 is 11.7 Å². The standard InChI is InChI=1S/C23H18BrFN4O3/c1-28(23(31)20-8-9-21(24)32-20)18-5-3-2-4-16(18)22(30)27-13-15-6-7-19(17(25)12-15)29-11-10-26-14-29/h2-12,14H,13H2,1H3,(H,27,30). The van der Waals surface area contributed by atoms with Gasteiger partial charge in [-0.15, -0.1) is 0 Å². The minimum atomic E-state index is -0.426. The van der Waals surface area contributed by atoms with E-state index in [1.807, 2.05) is 0 Å². The third kappa shape index (κ3) is 4.47. The molecule has 4 rings (SSSR count). The first-order valence-corrected chi connectivity index (χ1v) is 10.4. The summed E-state index contributed by atoms with van der Waals surface area (Å²) in [6, 6.07) is 14.6. The van der Waals surface area contributed by atoms with Crippen LogP contribution in [0.25, 0.3) is 5.69 Å². The summed E-state index contributed by atoms with van der Waals surface area (Å²) in [7, 11) is 1.56. The van der Waals surface area contributed by atoms with Crippen LogP contribution >= 0.6 is 15.9 Å². The summed E-state index contributed by atoms with van der Waals surface area (Å²) in [6.45, 7) is 0.122. The van der Waals surface area contributed by atoms with Gasteiger partial charge in [-0.3, -0.25) is 9.59 Å². The number of imidazole rings is 1. The fourth-order valence-corrected chi connectivity index (χ4v) is 3.52. The first-order chi connectivity index (χ1) is 15.4. The number of furan rings is 1. The summed E-state index contributed by atoms with van der Waals surface area (Å²) in [5, 5.41) is 2.78. The van der Waals surface area contributed by atoms with Gasteiger partial charge in [-0.25, -0.2) is 9.37 Å². The molecular weight excluding hydrogens is 479 g/mol. The molecule has 32 heavy (non-hydrogen) atoms. The number of rotatable bonds is 6. The molecule has 0 saturated carbocycles. The molecule has 0 saturated heterocycles. The first kappa shape index (κ1) is 21.5. The summed E-state index contributed by atoms with van der Waals surface area (Å²) in [4.78, 5) is 30.8. The van der Waals surface area contributed by atoms with Crippen molar-refractivity contribution in [3.63, 3.8) is 0 Å². The van der Waals surface area contributed by atoms with Crippen molar-refractivity contribution in [3.8, 4) is 5.69 Å². The molecule has 0 unspecified atom stereocenters. The van der Waals surface area contributed by atoms with Gasteiger partial charge >= 0.3 is 0 Å². The van der Waals surface area contributed by atoms with E-state index in [9.17, 15) is 14.0 Å². The molecule has 2 heterocycles. The molecule has 0 spiro atoms. The van der Waals surface area contributed by atoms with Gasteiger partial charge in [0.25, 0.3) is 11.8 Å². The molecule has 0 aliphatic heterocycles. The lowest BCUT2D eigenvalue weighted by Gasteiger charge is -2.19. The zero-order valence-electron chi connectivity index (χ0n) is 17.0. The Morgan fingerprint density at radius 3 is 2.69 bits per heavy atom. The van der Waals surface area contributed by atoms with Gasteiger partial charge in [0, 0.05) is 26.0 Å². The van der Waals surface area contributed by atoms with E-state index in [1.165, 1.54) is 17.3 Å². The maximum absolute atomic E-state index is 14.5. The number of para-hydroxylation sites is 1. The topological polar surface area (TPSA) is 80.4 Å². The summed E-state index contributed by atoms with van der Waals surface area (Å²) in [5.74, 6) is -1.07. The Balaban J connectivity index is 1.48. The van der Waals surface area contributed by atoms with Gasteiger partial charge in [0.05, 0.1) is 23.3 Å². The highest BCUT2D eigenvalue weighted by Crippen LogP contribution is 2.23. The van der Waals surface area contributed by atoms with Gasteiger partial charge in [0.1, 0.15) is 5.82 Å². The van der Waals surface area contributed by atoms with Crippen LogP contribution in [0.3, 0.4) is 0 Å². The monoisotopic (exact) mass is 496 g/mol. The van der Waals surface area contributed by atoms with Crippen molar-refractivity contribution < 1.29 is 18.4 Å². The van der Waals surface area contributed by atoms with Crippen LogP contribution in [0.2, 0.25) is 0 Å². The number of carbonyl (C=O) groups is 2. The molecule has 0 atom stereocenters. The predicted octanol–water partition coefficient (Wildman–Crippen LogP) is 4.57. The lowest BCUT2D eigenvalue weighted by Crippen LogP contribution is -2.30. The molecule has 0 radical (unpaired) electrons. The van der Waals surface area contributed by atoms with E-state index in [0.29, 0.717) is 27.2 Å². The van der Waals surface area contributed by atoms with Crippen LogP contribution in [0.1, 0.15) is 26.5 Å². The molecule has 1 N–H and O–H groups in total. The zero-order chi connectivity index (χ0) is 22.7. The number of benzene rings is 2. The fraction of sp³-hybridized carbons (Fsp3) is 0.0870. The molecule has 2 aromatic carbocycles. The molecule has 0 aliphatic carbocycles.